The van der Waals surface area contributed by atoms with Gasteiger partial charge >= 0.3 is 0 Å². The van der Waals surface area contributed by atoms with Gasteiger partial charge in [-0.05, 0) is 320 Å². The van der Waals surface area contributed by atoms with Gasteiger partial charge in [0.2, 0.25) is 0 Å². The second-order valence-electron chi connectivity index (χ2n) is 38.7. The summed E-state index contributed by atoms with van der Waals surface area (Å²) in [5, 5.41) is 14.6. The summed E-state index contributed by atoms with van der Waals surface area (Å²) in [6, 6.07) is 97.7. The molecule has 0 atom stereocenters. The minimum absolute atomic E-state index is 0.764. The van der Waals surface area contributed by atoms with E-state index in [1.165, 1.54) is 221 Å². The van der Waals surface area contributed by atoms with Crippen LogP contribution in [0.2, 0.25) is 0 Å². The highest BCUT2D eigenvalue weighted by molar-refractivity contribution is 6.25. The molecule has 0 unspecified atom stereocenters. The lowest BCUT2D eigenvalue weighted by Crippen LogP contribution is -1.94. The summed E-state index contributed by atoms with van der Waals surface area (Å²) in [5.74, 6) is 0. The van der Waals surface area contributed by atoms with Crippen LogP contribution >= 0.6 is 0 Å². The third kappa shape index (κ3) is 10.2. The van der Waals surface area contributed by atoms with Crippen molar-refractivity contribution in [2.24, 2.45) is 0 Å². The molecule has 0 radical (unpaired) electrons. The normalized spacial score (nSPS) is 13.5. The Bertz CT molecular complexity index is 10300. The van der Waals surface area contributed by atoms with Crippen molar-refractivity contribution in [1.29, 1.82) is 0 Å². The molecule has 0 saturated heterocycles. The Morgan fingerprint density at radius 1 is 0.171 bits per heavy atom. The fraction of sp³-hybridized carbons (Fsp3) is 0.0645. The SMILES string of the molecule is c1ccc2c(c1)Cc1c-2ccc2c1Cc1ccc3c(c1-2)c1ccncc1n1c2cccnc2nc31.c1ccc2c(c1)Cc1cc3c(cc1-2)-c1c(ccc2c1c1ccncc1n1c4cccnc4nc21)C3.c1ccc2c(c1)Cc1cc3c(cc1-2)Cc1ccc2c(c1-3)c1ccncc1n1c3cccnc3nc21.c1ccc2c(c1)Cc1ccc3c(c1-2)Cc1ccc2c(c1-3)c1ccncc1n1c3cccnc3nc21. The largest absolute Gasteiger partial charge is 0.288 e. The molecule has 0 spiro atoms. The van der Waals surface area contributed by atoms with E-state index >= 15 is 0 Å². The lowest BCUT2D eigenvalue weighted by Gasteiger charge is -2.13. The Balaban J connectivity index is 0.0000000829. The van der Waals surface area contributed by atoms with Gasteiger partial charge in [-0.1, -0.05) is 176 Å². The fourth-order valence-electron chi connectivity index (χ4n) is 26.2. The number of nitrogens with zero attached hydrogens (tertiary/aromatic N) is 16. The van der Waals surface area contributed by atoms with Crippen molar-refractivity contribution < 1.29 is 0 Å². The van der Waals surface area contributed by atoms with Gasteiger partial charge in [0.05, 0.1) is 68.9 Å². The zero-order valence-electron chi connectivity index (χ0n) is 75.1. The van der Waals surface area contributed by atoms with E-state index in [2.05, 4.69) is 300 Å². The van der Waals surface area contributed by atoms with Gasteiger partial charge in [0.15, 0.2) is 22.6 Å². The van der Waals surface area contributed by atoms with Crippen LogP contribution in [0.3, 0.4) is 0 Å². The van der Waals surface area contributed by atoms with E-state index < -0.39 is 0 Å². The van der Waals surface area contributed by atoms with Crippen LogP contribution in [0.4, 0.5) is 0 Å². The predicted octanol–water partition coefficient (Wildman–Crippen LogP) is 26.9. The van der Waals surface area contributed by atoms with Crippen molar-refractivity contribution in [2.75, 3.05) is 0 Å². The Morgan fingerprint density at radius 3 is 0.921 bits per heavy atom. The number of hydrogen-bond donors (Lipinski definition) is 0. The fourth-order valence-corrected chi connectivity index (χ4v) is 26.2. The Labute approximate surface area is 796 Å². The third-order valence-corrected chi connectivity index (χ3v) is 31.9. The molecule has 16 aromatic heterocycles. The van der Waals surface area contributed by atoms with Crippen LogP contribution in [-0.4, -0.2) is 77.4 Å². The van der Waals surface area contributed by atoms with E-state index in [0.717, 1.165) is 162 Å². The van der Waals surface area contributed by atoms with Crippen LogP contribution in [0.5, 0.6) is 0 Å². The highest BCUT2D eigenvalue weighted by atomic mass is 15.1. The van der Waals surface area contributed by atoms with Crippen LogP contribution in [0.25, 0.3) is 243 Å². The van der Waals surface area contributed by atoms with Crippen molar-refractivity contribution in [3.63, 3.8) is 0 Å². The quantitative estimate of drug-likeness (QED) is 0.132. The minimum atomic E-state index is 0.764. The molecule has 0 amide bonds. The van der Waals surface area contributed by atoms with E-state index in [9.17, 15) is 0 Å². The number of imidazole rings is 4. The molecule has 16 heteroatoms. The highest BCUT2D eigenvalue weighted by Crippen LogP contribution is 2.57. The standard InChI is InChI=1S/4C31H18N4/c1-2-5-20-17(4-1)14-18-7-9-21-24(27(18)20)15-19-8-10-23-29(28(19)21)22-11-13-32-16-26(22)35-25-6-3-12-33-30(25)34-31(23)35;1-2-5-19-17(4-1)14-24-20(19)9-10-21-25(24)15-18-7-8-23-29(28(18)21)22-11-13-32-16-27(22)35-26-6-3-12-33-30(26)34-31(23)35;1-2-5-21-17(4-1)12-19-15-25-20(14-24(19)21)13-18-7-8-23-29(28(18)25)22-9-11-32-16-27(22)35-26-6-3-10-33-30(26)34-31(23)35;1-2-5-21-17(4-1)12-19-14-20-13-18-7-8-23-29(28(18)25(20)15-24(19)21)22-9-11-32-16-27(22)35-26-6-3-10-33-30(26)34-31(23)35/h2*1-13,16H,14-15H2;2*1-11,14-16H,12-13H2. The number of pyridine rings is 12. The molecule has 0 bridgehead atoms. The zero-order valence-corrected chi connectivity index (χ0v) is 75.1. The second-order valence-corrected chi connectivity index (χ2v) is 38.7. The zero-order chi connectivity index (χ0) is 90.7. The minimum Gasteiger partial charge on any atom is -0.288 e. The van der Waals surface area contributed by atoms with Crippen LogP contribution in [-0.2, 0) is 51.4 Å². The summed E-state index contributed by atoms with van der Waals surface area (Å²) in [5.41, 5.74) is 60.1. The molecule has 28 aromatic rings. The number of rotatable bonds is 0. The van der Waals surface area contributed by atoms with Crippen molar-refractivity contribution >= 4 is 154 Å². The van der Waals surface area contributed by atoms with Gasteiger partial charge in [-0.15, -0.1) is 0 Å². The van der Waals surface area contributed by atoms with E-state index in [0.29, 0.717) is 0 Å². The Kier molecular flexibility index (Phi) is 14.9. The lowest BCUT2D eigenvalue weighted by atomic mass is 9.93. The predicted molar refractivity (Wildman–Crippen MR) is 559 cm³/mol. The first-order valence-corrected chi connectivity index (χ1v) is 48.2. The van der Waals surface area contributed by atoms with E-state index in [-0.39, 0.29) is 0 Å². The van der Waals surface area contributed by atoms with E-state index in [4.69, 9.17) is 19.9 Å². The smallest absolute Gasteiger partial charge is 0.178 e. The van der Waals surface area contributed by atoms with Gasteiger partial charge in [-0.2, -0.15) is 0 Å². The first-order valence-electron chi connectivity index (χ1n) is 48.2. The van der Waals surface area contributed by atoms with E-state index in [1.807, 2.05) is 98.6 Å². The molecule has 0 aliphatic heterocycles. The van der Waals surface area contributed by atoms with Gasteiger partial charge < -0.3 is 0 Å². The molecule has 8 aliphatic carbocycles. The Hall–Kier alpha value is -18.3. The van der Waals surface area contributed by atoms with Crippen LogP contribution < -0.4 is 0 Å². The van der Waals surface area contributed by atoms with Crippen molar-refractivity contribution in [1.82, 2.24) is 77.4 Å². The molecule has 0 N–H and O–H groups in total. The van der Waals surface area contributed by atoms with Crippen LogP contribution in [0.15, 0.2) is 341 Å². The third-order valence-electron chi connectivity index (χ3n) is 31.9. The molecule has 16 nitrogen and oxygen atoms in total. The molecular formula is C124H72N16. The monoisotopic (exact) mass is 1780 g/mol. The summed E-state index contributed by atoms with van der Waals surface area (Å²) >= 11 is 0. The molecule has 8 aliphatic rings. The van der Waals surface area contributed by atoms with Crippen molar-refractivity contribution in [3.8, 4) is 89.0 Å². The highest BCUT2D eigenvalue weighted by Gasteiger charge is 2.37. The first-order chi connectivity index (χ1) is 69.4. The lowest BCUT2D eigenvalue weighted by molar-refractivity contribution is 1.16. The topological polar surface area (TPSA) is 172 Å². The molecule has 0 saturated carbocycles. The summed E-state index contributed by atoms with van der Waals surface area (Å²) in [7, 11) is 0. The molecular weight excluding hydrogens is 1710 g/mol. The molecule has 648 valence electrons. The number of aromatic nitrogens is 16. The van der Waals surface area contributed by atoms with E-state index in [1.54, 1.807) is 0 Å². The Morgan fingerprint density at radius 2 is 0.464 bits per heavy atom. The maximum Gasteiger partial charge on any atom is 0.178 e. The number of benzene rings is 12. The summed E-state index contributed by atoms with van der Waals surface area (Å²) < 4.78 is 8.87. The van der Waals surface area contributed by atoms with Crippen LogP contribution in [0.1, 0.15) is 89.0 Å². The van der Waals surface area contributed by atoms with Gasteiger partial charge in [-0.25, -0.2) is 39.9 Å². The summed E-state index contributed by atoms with van der Waals surface area (Å²) in [4.78, 5) is 56.1. The average Bonchev–Trinajstić information content (AvgIpc) is 1.51. The summed E-state index contributed by atoms with van der Waals surface area (Å²) in [6.45, 7) is 0. The number of hydrogen-bond acceptors (Lipinski definition) is 12. The average molecular weight is 1790 g/mol. The maximum atomic E-state index is 4.99. The van der Waals surface area contributed by atoms with Crippen molar-refractivity contribution in [2.45, 2.75) is 51.4 Å². The van der Waals surface area contributed by atoms with Gasteiger partial charge in [0.25, 0.3) is 0 Å². The molecule has 0 fully saturated rings. The van der Waals surface area contributed by atoms with Crippen molar-refractivity contribution in [3.05, 3.63) is 430 Å². The first kappa shape index (κ1) is 75.1. The van der Waals surface area contributed by atoms with Gasteiger partial charge in [0, 0.05) is 114 Å². The maximum absolute atomic E-state index is 4.99. The number of fused-ring (bicyclic) bond motifs is 62. The van der Waals surface area contributed by atoms with Gasteiger partial charge in [-0.3, -0.25) is 37.5 Å². The molecule has 140 heavy (non-hydrogen) atoms. The molecule has 12 aromatic carbocycles. The van der Waals surface area contributed by atoms with Gasteiger partial charge in [0.1, 0.15) is 22.6 Å². The second kappa shape index (κ2) is 27.7. The van der Waals surface area contributed by atoms with Crippen LogP contribution in [0, 0.1) is 0 Å². The molecule has 16 heterocycles. The molecule has 36 rings (SSSR count). The summed E-state index contributed by atoms with van der Waals surface area (Å²) in [6.07, 6.45) is 30.7.